The number of rotatable bonds is 3. The second kappa shape index (κ2) is 4.91. The lowest BCUT2D eigenvalue weighted by molar-refractivity contribution is -0.145. The third-order valence-corrected chi connectivity index (χ3v) is 2.52. The molecule has 84 valence electrons. The first-order valence-corrected chi connectivity index (χ1v) is 5.13. The Labute approximate surface area is 88.8 Å². The fourth-order valence-electron chi connectivity index (χ4n) is 1.39. The summed E-state index contributed by atoms with van der Waals surface area (Å²) in [7, 11) is 0. The highest BCUT2D eigenvalue weighted by Gasteiger charge is 2.26. The van der Waals surface area contributed by atoms with Crippen molar-refractivity contribution in [3.63, 3.8) is 0 Å². The Morgan fingerprint density at radius 3 is 2.40 bits per heavy atom. The van der Waals surface area contributed by atoms with Crippen molar-refractivity contribution in [1.82, 2.24) is 10.2 Å². The molecular formula is C10H16N2O3. The van der Waals surface area contributed by atoms with Crippen LogP contribution in [0.3, 0.4) is 0 Å². The van der Waals surface area contributed by atoms with Crippen LogP contribution >= 0.6 is 0 Å². The Kier molecular flexibility index (Phi) is 3.82. The molecule has 0 bridgehead atoms. The molecule has 0 saturated carbocycles. The molecule has 15 heavy (non-hydrogen) atoms. The summed E-state index contributed by atoms with van der Waals surface area (Å²) < 4.78 is 0. The number of nitrogens with one attached hydrogen (secondary N) is 1. The predicted octanol–water partition coefficient (Wildman–Crippen LogP) is -0.0924. The Hall–Kier alpha value is -1.39. The number of piperazine rings is 1. The summed E-state index contributed by atoms with van der Waals surface area (Å²) in [5, 5.41) is 2.16. The van der Waals surface area contributed by atoms with E-state index >= 15 is 0 Å². The monoisotopic (exact) mass is 212 g/mol. The van der Waals surface area contributed by atoms with E-state index in [9.17, 15) is 14.4 Å². The van der Waals surface area contributed by atoms with Gasteiger partial charge in [0.2, 0.25) is 17.7 Å². The first kappa shape index (κ1) is 11.7. The number of amides is 3. The van der Waals surface area contributed by atoms with Crippen molar-refractivity contribution in [1.29, 1.82) is 0 Å². The van der Waals surface area contributed by atoms with E-state index in [2.05, 4.69) is 5.32 Å². The zero-order valence-corrected chi connectivity index (χ0v) is 9.08. The molecule has 1 atom stereocenters. The van der Waals surface area contributed by atoms with Crippen LogP contribution in [0.5, 0.6) is 0 Å². The zero-order chi connectivity index (χ0) is 11.4. The fourth-order valence-corrected chi connectivity index (χ4v) is 1.39. The number of hydrogen-bond acceptors (Lipinski definition) is 3. The first-order chi connectivity index (χ1) is 7.02. The smallest absolute Gasteiger partial charge is 0.246 e. The van der Waals surface area contributed by atoms with Gasteiger partial charge in [0.15, 0.2) is 0 Å². The molecule has 1 aliphatic rings. The summed E-state index contributed by atoms with van der Waals surface area (Å²) in [6, 6.07) is 0. The number of hydrogen-bond donors (Lipinski definition) is 1. The molecule has 1 fully saturated rings. The molecule has 0 aromatic carbocycles. The molecule has 3 amide bonds. The van der Waals surface area contributed by atoms with E-state index in [-0.39, 0.29) is 24.9 Å². The molecule has 0 aromatic heterocycles. The van der Waals surface area contributed by atoms with Crippen molar-refractivity contribution in [3.05, 3.63) is 0 Å². The molecule has 0 aliphatic carbocycles. The van der Waals surface area contributed by atoms with Crippen molar-refractivity contribution in [2.45, 2.75) is 26.7 Å². The van der Waals surface area contributed by atoms with Gasteiger partial charge in [-0.15, -0.1) is 0 Å². The van der Waals surface area contributed by atoms with Crippen LogP contribution in [0.15, 0.2) is 0 Å². The Morgan fingerprint density at radius 1 is 1.40 bits per heavy atom. The van der Waals surface area contributed by atoms with Crippen LogP contribution in [0.1, 0.15) is 26.7 Å². The summed E-state index contributed by atoms with van der Waals surface area (Å²) in [5.74, 6) is -0.627. The number of nitrogens with zero attached hydrogens (tertiary/aromatic N) is 1. The maximum Gasteiger partial charge on any atom is 0.246 e. The molecular weight excluding hydrogens is 196 g/mol. The lowest BCUT2D eigenvalue weighted by Gasteiger charge is -2.26. The Balaban J connectivity index is 2.52. The van der Waals surface area contributed by atoms with Crippen molar-refractivity contribution in [3.8, 4) is 0 Å². The Bertz CT molecular complexity index is 272. The summed E-state index contributed by atoms with van der Waals surface area (Å²) >= 11 is 0. The van der Waals surface area contributed by atoms with Gasteiger partial charge in [-0.1, -0.05) is 20.3 Å². The second-order valence-corrected chi connectivity index (χ2v) is 3.94. The maximum atomic E-state index is 11.7. The highest BCUT2D eigenvalue weighted by Crippen LogP contribution is 2.09. The van der Waals surface area contributed by atoms with Crippen LogP contribution < -0.4 is 5.32 Å². The van der Waals surface area contributed by atoms with Gasteiger partial charge < -0.3 is 4.90 Å². The third-order valence-electron chi connectivity index (χ3n) is 2.52. The molecule has 0 radical (unpaired) electrons. The molecule has 5 heteroatoms. The minimum absolute atomic E-state index is 0.001000. The van der Waals surface area contributed by atoms with E-state index in [1.54, 1.807) is 0 Å². The van der Waals surface area contributed by atoms with Crippen LogP contribution in [0.4, 0.5) is 0 Å². The molecule has 1 aliphatic heterocycles. The van der Waals surface area contributed by atoms with E-state index in [0.717, 1.165) is 6.42 Å². The van der Waals surface area contributed by atoms with Gasteiger partial charge in [0, 0.05) is 6.42 Å². The lowest BCUT2D eigenvalue weighted by Crippen LogP contribution is -2.53. The largest absolute Gasteiger partial charge is 0.324 e. The van der Waals surface area contributed by atoms with Crippen LogP contribution in [-0.4, -0.2) is 35.7 Å². The van der Waals surface area contributed by atoms with Crippen LogP contribution in [0.2, 0.25) is 0 Å². The van der Waals surface area contributed by atoms with Gasteiger partial charge in [-0.3, -0.25) is 19.7 Å². The van der Waals surface area contributed by atoms with E-state index in [1.807, 2.05) is 13.8 Å². The van der Waals surface area contributed by atoms with E-state index < -0.39 is 11.8 Å². The minimum atomic E-state index is -0.399. The normalized spacial score (nSPS) is 18.7. The SMILES string of the molecule is CCC(C)CC(=O)N1CC(=O)NC(=O)C1. The molecule has 0 spiro atoms. The summed E-state index contributed by atoms with van der Waals surface area (Å²) in [5.41, 5.74) is 0. The average Bonchev–Trinajstić information content (AvgIpc) is 2.16. The number of carbonyl (C=O) groups excluding carboxylic acids is 3. The summed E-state index contributed by atoms with van der Waals surface area (Å²) in [6.07, 6.45) is 1.32. The number of carbonyl (C=O) groups is 3. The quantitative estimate of drug-likeness (QED) is 0.665. The standard InChI is InChI=1S/C10H16N2O3/c1-3-7(2)4-10(15)12-5-8(13)11-9(14)6-12/h7H,3-6H2,1-2H3,(H,11,13,14). The Morgan fingerprint density at radius 2 is 1.93 bits per heavy atom. The topological polar surface area (TPSA) is 66.5 Å². The van der Waals surface area contributed by atoms with Crippen molar-refractivity contribution in [2.75, 3.05) is 13.1 Å². The molecule has 1 saturated heterocycles. The van der Waals surface area contributed by atoms with Gasteiger partial charge in [0.25, 0.3) is 0 Å². The third kappa shape index (κ3) is 3.34. The zero-order valence-electron chi connectivity index (χ0n) is 9.08. The van der Waals surface area contributed by atoms with Gasteiger partial charge >= 0.3 is 0 Å². The molecule has 1 N–H and O–H groups in total. The van der Waals surface area contributed by atoms with Gasteiger partial charge in [-0.2, -0.15) is 0 Å². The minimum Gasteiger partial charge on any atom is -0.324 e. The molecule has 1 rings (SSSR count). The maximum absolute atomic E-state index is 11.7. The first-order valence-electron chi connectivity index (χ1n) is 5.13. The second-order valence-electron chi connectivity index (χ2n) is 3.94. The number of imide groups is 1. The van der Waals surface area contributed by atoms with Crippen LogP contribution in [0.25, 0.3) is 0 Å². The van der Waals surface area contributed by atoms with Crippen LogP contribution in [-0.2, 0) is 14.4 Å². The molecule has 1 heterocycles. The van der Waals surface area contributed by atoms with Crippen molar-refractivity contribution in [2.24, 2.45) is 5.92 Å². The fraction of sp³-hybridized carbons (Fsp3) is 0.700. The van der Waals surface area contributed by atoms with Gasteiger partial charge in [0.1, 0.15) is 13.1 Å². The molecule has 0 aromatic rings. The van der Waals surface area contributed by atoms with Gasteiger partial charge in [-0.05, 0) is 5.92 Å². The average molecular weight is 212 g/mol. The highest BCUT2D eigenvalue weighted by atomic mass is 16.2. The molecule has 5 nitrogen and oxygen atoms in total. The highest BCUT2D eigenvalue weighted by molar-refractivity contribution is 6.02. The van der Waals surface area contributed by atoms with Gasteiger partial charge in [-0.25, -0.2) is 0 Å². The van der Waals surface area contributed by atoms with E-state index in [1.165, 1.54) is 4.90 Å². The van der Waals surface area contributed by atoms with Crippen molar-refractivity contribution >= 4 is 17.7 Å². The van der Waals surface area contributed by atoms with Crippen molar-refractivity contribution < 1.29 is 14.4 Å². The summed E-state index contributed by atoms with van der Waals surface area (Å²) in [6.45, 7) is 3.98. The lowest BCUT2D eigenvalue weighted by atomic mass is 10.0. The predicted molar refractivity (Wildman–Crippen MR) is 53.8 cm³/mol. The van der Waals surface area contributed by atoms with Crippen LogP contribution in [0, 0.1) is 5.92 Å². The summed E-state index contributed by atoms with van der Waals surface area (Å²) in [4.78, 5) is 35.0. The van der Waals surface area contributed by atoms with Gasteiger partial charge in [0.05, 0.1) is 0 Å². The van der Waals surface area contributed by atoms with E-state index in [4.69, 9.17) is 0 Å². The van der Waals surface area contributed by atoms with E-state index in [0.29, 0.717) is 6.42 Å². The molecule has 1 unspecified atom stereocenters.